The number of esters is 1. The second kappa shape index (κ2) is 6.08. The molecule has 106 valence electrons. The number of carbonyl (C=O) groups is 1. The first-order chi connectivity index (χ1) is 8.81. The highest BCUT2D eigenvalue weighted by Crippen LogP contribution is 2.23. The van der Waals surface area contributed by atoms with E-state index in [2.05, 4.69) is 9.16 Å². The maximum Gasteiger partial charge on any atom is 0.344 e. The van der Waals surface area contributed by atoms with Gasteiger partial charge in [0.2, 0.25) is 5.82 Å². The summed E-state index contributed by atoms with van der Waals surface area (Å²) in [5, 5.41) is 8.89. The molecule has 10 heteroatoms. The molecule has 0 heterocycles. The quantitative estimate of drug-likeness (QED) is 0.215. The molecule has 0 aliphatic carbocycles. The largest absolute Gasteiger partial charge is 0.457 e. The van der Waals surface area contributed by atoms with Crippen LogP contribution in [0.25, 0.3) is 0 Å². The van der Waals surface area contributed by atoms with Gasteiger partial charge in [0, 0.05) is 0 Å². The minimum atomic E-state index is -2.38. The molecule has 0 saturated carbocycles. The molecule has 0 spiro atoms. The van der Waals surface area contributed by atoms with Crippen LogP contribution >= 0.6 is 0 Å². The fraction of sp³-hybridized carbons (Fsp3) is 0.222. The molecule has 4 nitrogen and oxygen atoms in total. The van der Waals surface area contributed by atoms with E-state index in [0.29, 0.717) is 0 Å². The zero-order chi connectivity index (χ0) is 14.7. The minimum Gasteiger partial charge on any atom is -0.457 e. The number of ether oxygens (including phenoxy) is 1. The summed E-state index contributed by atoms with van der Waals surface area (Å²) < 4.78 is 73.1. The first-order valence-electron chi connectivity index (χ1n) is 4.70. The van der Waals surface area contributed by atoms with E-state index in [0.717, 1.165) is 0 Å². The maximum absolute atomic E-state index is 13.2. The number of aliphatic hydroxyl groups is 1. The van der Waals surface area contributed by atoms with Gasteiger partial charge in [0.25, 0.3) is 0 Å². The number of carbonyl (C=O) groups excluding carboxylic acids is 1. The van der Waals surface area contributed by atoms with E-state index >= 15 is 0 Å². The molecule has 1 atom stereocenters. The number of hydrogen-bond donors (Lipinski definition) is 1. The van der Waals surface area contributed by atoms with E-state index in [1.54, 1.807) is 0 Å². The van der Waals surface area contributed by atoms with Gasteiger partial charge in [0.15, 0.2) is 29.6 Å². The zero-order valence-corrected chi connectivity index (χ0v) is 11.3. The number of halogens is 5. The van der Waals surface area contributed by atoms with Crippen LogP contribution in [0.1, 0.15) is 10.4 Å². The molecular formula is C9H7F5O4Si. The lowest BCUT2D eigenvalue weighted by atomic mass is 10.1. The van der Waals surface area contributed by atoms with Crippen molar-refractivity contribution >= 4 is 16.5 Å². The van der Waals surface area contributed by atoms with Crippen molar-refractivity contribution < 1.29 is 41.0 Å². The first-order valence-corrected chi connectivity index (χ1v) is 5.52. The van der Waals surface area contributed by atoms with Crippen molar-refractivity contribution in [1.29, 1.82) is 0 Å². The minimum absolute atomic E-state index is 0.0866. The molecule has 0 saturated heterocycles. The Morgan fingerprint density at radius 2 is 1.47 bits per heavy atom. The van der Waals surface area contributed by atoms with Gasteiger partial charge in [-0.1, -0.05) is 0 Å². The van der Waals surface area contributed by atoms with Crippen molar-refractivity contribution in [2.75, 3.05) is 6.61 Å². The third kappa shape index (κ3) is 3.08. The normalized spacial score (nSPS) is 12.5. The Morgan fingerprint density at radius 1 is 1.05 bits per heavy atom. The van der Waals surface area contributed by atoms with Crippen molar-refractivity contribution in [3.8, 4) is 0 Å². The molecule has 1 aromatic rings. The molecule has 1 N–H and O–H groups in total. The summed E-state index contributed by atoms with van der Waals surface area (Å²) in [7, 11) is 0.0866. The molecule has 0 aliphatic rings. The predicted octanol–water partition coefficient (Wildman–Crippen LogP) is 0.154. The number of benzene rings is 1. The van der Waals surface area contributed by atoms with Gasteiger partial charge >= 0.3 is 5.97 Å². The van der Waals surface area contributed by atoms with Gasteiger partial charge in [-0.05, 0) is 0 Å². The predicted molar refractivity (Wildman–Crippen MR) is 53.5 cm³/mol. The van der Waals surface area contributed by atoms with Gasteiger partial charge < -0.3 is 14.3 Å². The standard InChI is InChI=1S/C9H7F5O4Si/c10-4-3(9(16)17-1-2(15)18-19)5(11)7(13)8(14)6(4)12/h2,15H,1H2,19H3. The highest BCUT2D eigenvalue weighted by Gasteiger charge is 2.30. The summed E-state index contributed by atoms with van der Waals surface area (Å²) in [6, 6.07) is 0. The van der Waals surface area contributed by atoms with Gasteiger partial charge in [0.05, 0.1) is 0 Å². The molecule has 19 heavy (non-hydrogen) atoms. The molecule has 1 unspecified atom stereocenters. The Labute approximate surface area is 106 Å². The van der Waals surface area contributed by atoms with Gasteiger partial charge in [-0.2, -0.15) is 0 Å². The Kier molecular flexibility index (Phi) is 4.97. The summed E-state index contributed by atoms with van der Waals surface area (Å²) >= 11 is 0. The lowest BCUT2D eigenvalue weighted by Gasteiger charge is -2.11. The molecule has 1 aromatic carbocycles. The van der Waals surface area contributed by atoms with Crippen LogP contribution in [0.2, 0.25) is 0 Å². The van der Waals surface area contributed by atoms with Gasteiger partial charge in [-0.25, -0.2) is 26.7 Å². The molecule has 0 fully saturated rings. The Hall–Kier alpha value is -1.52. The Morgan fingerprint density at radius 3 is 1.89 bits per heavy atom. The van der Waals surface area contributed by atoms with Crippen LogP contribution in [-0.4, -0.2) is 34.5 Å². The van der Waals surface area contributed by atoms with Gasteiger partial charge in [-0.15, -0.1) is 0 Å². The smallest absolute Gasteiger partial charge is 0.344 e. The van der Waals surface area contributed by atoms with E-state index in [9.17, 15) is 26.7 Å². The molecule has 0 amide bonds. The summed E-state index contributed by atoms with van der Waals surface area (Å²) in [6.07, 6.45) is -1.53. The maximum atomic E-state index is 13.2. The van der Waals surface area contributed by atoms with Gasteiger partial charge in [-0.3, -0.25) is 0 Å². The summed E-state index contributed by atoms with van der Waals surface area (Å²) in [6.45, 7) is -0.804. The lowest BCUT2D eigenvalue weighted by molar-refractivity contribution is -0.0602. The topological polar surface area (TPSA) is 55.8 Å². The van der Waals surface area contributed by atoms with Crippen molar-refractivity contribution in [2.45, 2.75) is 6.29 Å². The monoisotopic (exact) mass is 302 g/mol. The summed E-state index contributed by atoms with van der Waals surface area (Å²) in [4.78, 5) is 11.2. The van der Waals surface area contributed by atoms with Crippen molar-refractivity contribution in [2.24, 2.45) is 0 Å². The number of hydrogen-bond acceptors (Lipinski definition) is 4. The fourth-order valence-corrected chi connectivity index (χ4v) is 1.21. The highest BCUT2D eigenvalue weighted by molar-refractivity contribution is 5.98. The van der Waals surface area contributed by atoms with Crippen LogP contribution in [0.4, 0.5) is 22.0 Å². The van der Waals surface area contributed by atoms with Crippen LogP contribution < -0.4 is 0 Å². The van der Waals surface area contributed by atoms with Crippen LogP contribution in [0.5, 0.6) is 0 Å². The van der Waals surface area contributed by atoms with Crippen LogP contribution in [0.15, 0.2) is 0 Å². The molecule has 0 aliphatic heterocycles. The Bertz CT molecular complexity index is 481. The molecule has 0 aromatic heterocycles. The fourth-order valence-electron chi connectivity index (χ4n) is 1.07. The van der Waals surface area contributed by atoms with Crippen molar-refractivity contribution in [1.82, 2.24) is 0 Å². The second-order valence-electron chi connectivity index (χ2n) is 3.23. The molecule has 1 rings (SSSR count). The van der Waals surface area contributed by atoms with Crippen LogP contribution in [0, 0.1) is 29.1 Å². The number of rotatable bonds is 4. The molecular weight excluding hydrogens is 295 g/mol. The van der Waals surface area contributed by atoms with E-state index in [1.165, 1.54) is 0 Å². The average molecular weight is 302 g/mol. The van der Waals surface area contributed by atoms with Crippen molar-refractivity contribution in [3.63, 3.8) is 0 Å². The van der Waals surface area contributed by atoms with Gasteiger partial charge in [0.1, 0.15) is 22.7 Å². The highest BCUT2D eigenvalue weighted by atomic mass is 28.2. The molecule has 0 radical (unpaired) electrons. The van der Waals surface area contributed by atoms with E-state index < -0.39 is 53.5 Å². The third-order valence-corrected chi connectivity index (χ3v) is 2.59. The lowest BCUT2D eigenvalue weighted by Crippen LogP contribution is -2.22. The summed E-state index contributed by atoms with van der Waals surface area (Å²) in [5.41, 5.74) is -1.73. The number of aliphatic hydroxyl groups excluding tert-OH is 1. The third-order valence-electron chi connectivity index (χ3n) is 2.04. The SMILES string of the molecule is O=C(OCC(O)O[SiH3])c1c(F)c(F)c(F)c(F)c1F. The van der Waals surface area contributed by atoms with E-state index in [4.69, 9.17) is 5.11 Å². The summed E-state index contributed by atoms with van der Waals surface area (Å²) in [5.74, 6) is -13.3. The first kappa shape index (κ1) is 15.5. The van der Waals surface area contributed by atoms with Crippen LogP contribution in [0.3, 0.4) is 0 Å². The Balaban J connectivity index is 3.10. The van der Waals surface area contributed by atoms with E-state index in [1.807, 2.05) is 0 Å². The van der Waals surface area contributed by atoms with Crippen molar-refractivity contribution in [3.05, 3.63) is 34.6 Å². The molecule has 0 bridgehead atoms. The average Bonchev–Trinajstić information content (AvgIpc) is 2.40. The van der Waals surface area contributed by atoms with Crippen LogP contribution in [-0.2, 0) is 9.16 Å². The second-order valence-corrected chi connectivity index (χ2v) is 3.71. The van der Waals surface area contributed by atoms with E-state index in [-0.39, 0.29) is 10.5 Å². The zero-order valence-electron chi connectivity index (χ0n) is 9.35.